The van der Waals surface area contributed by atoms with Crippen LogP contribution in [0.15, 0.2) is 225 Å². The molecule has 0 spiro atoms. The lowest BCUT2D eigenvalue weighted by atomic mass is 9.85. The van der Waals surface area contributed by atoms with Crippen molar-refractivity contribution in [1.82, 2.24) is 24.1 Å². The van der Waals surface area contributed by atoms with Crippen LogP contribution in [0, 0.1) is 0 Å². The lowest BCUT2D eigenvalue weighted by Crippen LogP contribution is -2.00. The lowest BCUT2D eigenvalue weighted by molar-refractivity contribution is 1.16. The number of benzene rings is 10. The Labute approximate surface area is 389 Å². The van der Waals surface area contributed by atoms with E-state index < -0.39 is 0 Å². The molecule has 0 fully saturated rings. The number of hydrogen-bond acceptors (Lipinski definition) is 3. The van der Waals surface area contributed by atoms with E-state index in [4.69, 9.17) is 15.0 Å². The quantitative estimate of drug-likeness (QED) is 0.166. The maximum atomic E-state index is 5.55. The second-order valence-corrected chi connectivity index (χ2v) is 18.0. The molecule has 5 heterocycles. The summed E-state index contributed by atoms with van der Waals surface area (Å²) in [5.74, 6) is 0. The Hall–Kier alpha value is -9.19. The largest absolute Gasteiger partial charge is 0.309 e. The highest BCUT2D eigenvalue weighted by Gasteiger charge is 2.23. The Kier molecular flexibility index (Phi) is 7.72. The highest BCUT2D eigenvalue weighted by atomic mass is 15.0. The van der Waals surface area contributed by atoms with Crippen molar-refractivity contribution < 1.29 is 0 Å². The minimum absolute atomic E-state index is 0.947. The molecule has 0 saturated heterocycles. The van der Waals surface area contributed by atoms with Gasteiger partial charge in [-0.15, -0.1) is 0 Å². The summed E-state index contributed by atoms with van der Waals surface area (Å²) in [4.78, 5) is 15.1. The van der Waals surface area contributed by atoms with Crippen molar-refractivity contribution in [3.63, 3.8) is 0 Å². The molecule has 5 heteroatoms. The van der Waals surface area contributed by atoms with E-state index in [1.165, 1.54) is 54.1 Å². The van der Waals surface area contributed by atoms with E-state index in [0.717, 1.165) is 88.1 Å². The second-order valence-electron chi connectivity index (χ2n) is 18.0. The van der Waals surface area contributed by atoms with Gasteiger partial charge in [-0.2, -0.15) is 0 Å². The molecule has 68 heavy (non-hydrogen) atoms. The first-order chi connectivity index (χ1) is 33.7. The molecule has 0 radical (unpaired) electrons. The molecule has 15 aromatic rings. The third-order valence-corrected chi connectivity index (χ3v) is 14.3. The average Bonchev–Trinajstić information content (AvgIpc) is 3.90. The molecule has 0 amide bonds. The highest BCUT2D eigenvalue weighted by molar-refractivity contribution is 6.23. The first-order valence-corrected chi connectivity index (χ1v) is 23.1. The van der Waals surface area contributed by atoms with Crippen LogP contribution in [0.3, 0.4) is 0 Å². The zero-order chi connectivity index (χ0) is 44.5. The number of pyridine rings is 3. The Morgan fingerprint density at radius 3 is 1.35 bits per heavy atom. The molecular formula is C63H37N5. The molecule has 0 N–H and O–H groups in total. The summed E-state index contributed by atoms with van der Waals surface area (Å²) in [5, 5.41) is 15.2. The normalized spacial score (nSPS) is 12.1. The molecule has 0 atom stereocenters. The summed E-state index contributed by atoms with van der Waals surface area (Å²) in [7, 11) is 0. The Morgan fingerprint density at radius 2 is 0.765 bits per heavy atom. The fourth-order valence-electron chi connectivity index (χ4n) is 11.3. The fraction of sp³-hybridized carbons (Fsp3) is 0. The van der Waals surface area contributed by atoms with Crippen LogP contribution in [-0.4, -0.2) is 24.1 Å². The molecule has 0 aliphatic heterocycles. The van der Waals surface area contributed by atoms with E-state index in [1.54, 1.807) is 0 Å². The smallest absolute Gasteiger partial charge is 0.0788 e. The van der Waals surface area contributed by atoms with Gasteiger partial charge in [0, 0.05) is 61.2 Å². The van der Waals surface area contributed by atoms with Gasteiger partial charge in [0.25, 0.3) is 0 Å². The zero-order valence-corrected chi connectivity index (χ0v) is 36.6. The maximum Gasteiger partial charge on any atom is 0.0788 e. The molecule has 314 valence electrons. The van der Waals surface area contributed by atoms with Gasteiger partial charge in [0.2, 0.25) is 0 Å². The molecule has 5 aromatic heterocycles. The van der Waals surface area contributed by atoms with Crippen molar-refractivity contribution in [1.29, 1.82) is 0 Å². The van der Waals surface area contributed by atoms with E-state index in [-0.39, 0.29) is 0 Å². The minimum Gasteiger partial charge on any atom is -0.309 e. The number of para-hydroxylation sites is 2. The van der Waals surface area contributed by atoms with Gasteiger partial charge in [-0.1, -0.05) is 115 Å². The number of nitrogens with zero attached hydrogens (tertiary/aromatic N) is 5. The third-order valence-electron chi connectivity index (χ3n) is 14.3. The van der Waals surface area contributed by atoms with E-state index >= 15 is 0 Å². The van der Waals surface area contributed by atoms with Gasteiger partial charge in [-0.05, 0) is 140 Å². The van der Waals surface area contributed by atoms with Crippen LogP contribution in [0.5, 0.6) is 0 Å². The van der Waals surface area contributed by atoms with Crippen LogP contribution in [-0.2, 0) is 0 Å². The third kappa shape index (κ3) is 5.41. The van der Waals surface area contributed by atoms with Crippen LogP contribution in [0.2, 0.25) is 0 Å². The van der Waals surface area contributed by atoms with Gasteiger partial charge in [0.15, 0.2) is 0 Å². The van der Waals surface area contributed by atoms with Gasteiger partial charge < -0.3 is 9.13 Å². The van der Waals surface area contributed by atoms with Crippen molar-refractivity contribution in [2.75, 3.05) is 0 Å². The molecule has 5 nitrogen and oxygen atoms in total. The monoisotopic (exact) mass is 863 g/mol. The fourth-order valence-corrected chi connectivity index (χ4v) is 11.3. The van der Waals surface area contributed by atoms with Crippen LogP contribution in [0.25, 0.3) is 142 Å². The standard InChI is InChI=1S/C63H37N5/c1-3-13-40-33-59-51(31-38(40)11-1)48-17-5-7-19-57(48)67(59)46-23-24-50-53(35-46)61(44-21-25-55-42(29-44)15-9-27-64-55)62(45-22-26-56-43(30-45)16-10-28-65-56)54-36-47(37-66-63(50)54)68-58-20-8-6-18-49(58)52-32-39-12-2-4-14-41(39)34-60(52)68/h1-37H. The molecule has 0 saturated carbocycles. The summed E-state index contributed by atoms with van der Waals surface area (Å²) in [6.07, 6.45) is 5.81. The summed E-state index contributed by atoms with van der Waals surface area (Å²) < 4.78 is 4.84. The van der Waals surface area contributed by atoms with Gasteiger partial charge in [0.1, 0.15) is 0 Å². The summed E-state index contributed by atoms with van der Waals surface area (Å²) in [6, 6.07) is 75.4. The van der Waals surface area contributed by atoms with E-state index in [2.05, 4.69) is 209 Å². The summed E-state index contributed by atoms with van der Waals surface area (Å²) >= 11 is 0. The number of fused-ring (bicyclic) bond motifs is 13. The van der Waals surface area contributed by atoms with Crippen molar-refractivity contribution >= 4 is 109 Å². The average molecular weight is 864 g/mol. The first kappa shape index (κ1) is 37.1. The molecule has 15 rings (SSSR count). The summed E-state index contributed by atoms with van der Waals surface area (Å²) in [6.45, 7) is 0. The van der Waals surface area contributed by atoms with E-state index in [9.17, 15) is 0 Å². The molecular weight excluding hydrogens is 827 g/mol. The van der Waals surface area contributed by atoms with Crippen molar-refractivity contribution in [2.45, 2.75) is 0 Å². The van der Waals surface area contributed by atoms with E-state index in [1.807, 2.05) is 24.5 Å². The van der Waals surface area contributed by atoms with E-state index in [0.29, 0.717) is 0 Å². The Bertz CT molecular complexity index is 4340. The number of rotatable bonds is 4. The molecule has 0 unspecified atom stereocenters. The SMILES string of the molecule is c1ccc2cc3c(cc2c1)c1ccccc1n3-c1ccc2c(c1)c(-c1ccc3ncccc3c1)c(-c1ccc3ncccc3c1)c1cc(-n3c4ccccc4c4cc5ccccc5cc43)cnc12. The zero-order valence-electron chi connectivity index (χ0n) is 36.6. The van der Waals surface area contributed by atoms with Crippen molar-refractivity contribution in [3.05, 3.63) is 225 Å². The van der Waals surface area contributed by atoms with Gasteiger partial charge in [-0.25, -0.2) is 0 Å². The van der Waals surface area contributed by atoms with Crippen LogP contribution >= 0.6 is 0 Å². The van der Waals surface area contributed by atoms with Crippen molar-refractivity contribution in [3.8, 4) is 33.6 Å². The second kappa shape index (κ2) is 14.2. The van der Waals surface area contributed by atoms with Gasteiger partial charge in [-0.3, -0.25) is 15.0 Å². The predicted octanol–water partition coefficient (Wildman–Crippen LogP) is 16.3. The Morgan fingerprint density at radius 1 is 0.279 bits per heavy atom. The van der Waals surface area contributed by atoms with Crippen LogP contribution in [0.1, 0.15) is 0 Å². The van der Waals surface area contributed by atoms with Gasteiger partial charge in [0.05, 0.1) is 50.5 Å². The first-order valence-electron chi connectivity index (χ1n) is 23.1. The topological polar surface area (TPSA) is 48.5 Å². The highest BCUT2D eigenvalue weighted by Crippen LogP contribution is 2.47. The van der Waals surface area contributed by atoms with Gasteiger partial charge >= 0.3 is 0 Å². The summed E-state index contributed by atoms with van der Waals surface area (Å²) in [5.41, 5.74) is 14.0. The molecule has 10 aromatic carbocycles. The lowest BCUT2D eigenvalue weighted by Gasteiger charge is -2.21. The number of hydrogen-bond donors (Lipinski definition) is 0. The number of aromatic nitrogens is 5. The van der Waals surface area contributed by atoms with Crippen LogP contribution in [0.4, 0.5) is 0 Å². The Balaban J connectivity index is 1.10. The molecule has 0 bridgehead atoms. The molecule has 0 aliphatic rings. The van der Waals surface area contributed by atoms with Crippen molar-refractivity contribution in [2.24, 2.45) is 0 Å². The molecule has 0 aliphatic carbocycles. The minimum atomic E-state index is 0.947. The van der Waals surface area contributed by atoms with Crippen LogP contribution < -0.4 is 0 Å². The maximum absolute atomic E-state index is 5.55. The predicted molar refractivity (Wildman–Crippen MR) is 284 cm³/mol.